The first kappa shape index (κ1) is 16.6. The van der Waals surface area contributed by atoms with E-state index < -0.39 is 5.97 Å². The highest BCUT2D eigenvalue weighted by molar-refractivity contribution is 5.96. The Balaban J connectivity index is 1.56. The van der Waals surface area contributed by atoms with Gasteiger partial charge in [0.1, 0.15) is 12.4 Å². The maximum Gasteiger partial charge on any atom is 0.338 e. The van der Waals surface area contributed by atoms with Gasteiger partial charge in [0.25, 0.3) is 5.91 Å². The number of esters is 1. The van der Waals surface area contributed by atoms with Gasteiger partial charge in [-0.3, -0.25) is 4.79 Å². The van der Waals surface area contributed by atoms with Crippen molar-refractivity contribution in [2.75, 3.05) is 26.3 Å². The third-order valence-corrected chi connectivity index (χ3v) is 4.44. The van der Waals surface area contributed by atoms with Gasteiger partial charge in [-0.2, -0.15) is 0 Å². The van der Waals surface area contributed by atoms with Crippen molar-refractivity contribution in [2.45, 2.75) is 20.3 Å². The molecule has 5 nitrogen and oxygen atoms in total. The van der Waals surface area contributed by atoms with Crippen LogP contribution in [0.1, 0.15) is 25.8 Å². The molecule has 5 heteroatoms. The molecule has 2 aliphatic rings. The van der Waals surface area contributed by atoms with Crippen molar-refractivity contribution in [1.29, 1.82) is 0 Å². The lowest BCUT2D eigenvalue weighted by Gasteiger charge is -2.34. The van der Waals surface area contributed by atoms with E-state index in [1.54, 1.807) is 11.0 Å². The second-order valence-corrected chi connectivity index (χ2v) is 6.82. The van der Waals surface area contributed by atoms with Gasteiger partial charge in [0, 0.05) is 18.7 Å². The van der Waals surface area contributed by atoms with Crippen LogP contribution in [0.3, 0.4) is 0 Å². The van der Waals surface area contributed by atoms with Crippen LogP contribution in [0.2, 0.25) is 0 Å². The quantitative estimate of drug-likeness (QED) is 0.800. The van der Waals surface area contributed by atoms with E-state index >= 15 is 0 Å². The Kier molecular flexibility index (Phi) is 4.88. The van der Waals surface area contributed by atoms with Gasteiger partial charge in [0.15, 0.2) is 6.61 Å². The third kappa shape index (κ3) is 3.78. The summed E-state index contributed by atoms with van der Waals surface area (Å²) in [6, 6.07) is 7.50. The van der Waals surface area contributed by atoms with Crippen molar-refractivity contribution in [3.05, 3.63) is 35.4 Å². The number of rotatable bonds is 3. The summed E-state index contributed by atoms with van der Waals surface area (Å²) in [7, 11) is 0. The van der Waals surface area contributed by atoms with Crippen molar-refractivity contribution in [3.63, 3.8) is 0 Å². The molecule has 2 atom stereocenters. The van der Waals surface area contributed by atoms with Crippen molar-refractivity contribution in [1.82, 2.24) is 4.90 Å². The van der Waals surface area contributed by atoms with Crippen LogP contribution >= 0.6 is 0 Å². The molecule has 1 saturated heterocycles. The zero-order valence-corrected chi connectivity index (χ0v) is 14.2. The molecule has 128 valence electrons. The number of fused-ring (bicyclic) bond motifs is 1. The summed E-state index contributed by atoms with van der Waals surface area (Å²) in [5, 5.41) is 0. The Morgan fingerprint density at radius 3 is 2.67 bits per heavy atom. The summed E-state index contributed by atoms with van der Waals surface area (Å²) in [5.74, 6) is 1.11. The Bertz CT molecular complexity index is 657. The molecule has 1 aromatic rings. The van der Waals surface area contributed by atoms with Crippen LogP contribution in [0.5, 0.6) is 5.75 Å². The number of hydrogen-bond donors (Lipinski definition) is 0. The minimum Gasteiger partial charge on any atom is -0.488 e. The Morgan fingerprint density at radius 1 is 1.21 bits per heavy atom. The van der Waals surface area contributed by atoms with Crippen molar-refractivity contribution in [2.24, 2.45) is 11.8 Å². The fourth-order valence-corrected chi connectivity index (χ4v) is 3.41. The molecule has 3 rings (SSSR count). The fraction of sp³-hybridized carbons (Fsp3) is 0.474. The highest BCUT2D eigenvalue weighted by atomic mass is 16.5. The lowest BCUT2D eigenvalue weighted by Crippen LogP contribution is -2.44. The second-order valence-electron chi connectivity index (χ2n) is 6.82. The number of piperidine rings is 1. The van der Waals surface area contributed by atoms with Crippen LogP contribution in [0, 0.1) is 11.8 Å². The van der Waals surface area contributed by atoms with Gasteiger partial charge in [-0.1, -0.05) is 32.0 Å². The van der Waals surface area contributed by atoms with Crippen LogP contribution < -0.4 is 4.74 Å². The van der Waals surface area contributed by atoms with Gasteiger partial charge in [-0.15, -0.1) is 0 Å². The molecule has 1 amide bonds. The van der Waals surface area contributed by atoms with E-state index in [1.165, 1.54) is 0 Å². The minimum absolute atomic E-state index is 0.125. The normalized spacial score (nSPS) is 22.9. The van der Waals surface area contributed by atoms with Crippen molar-refractivity contribution in [3.8, 4) is 5.75 Å². The van der Waals surface area contributed by atoms with Crippen molar-refractivity contribution < 1.29 is 19.1 Å². The van der Waals surface area contributed by atoms with E-state index in [9.17, 15) is 9.59 Å². The molecule has 2 aliphatic heterocycles. The van der Waals surface area contributed by atoms with E-state index in [0.29, 0.717) is 17.4 Å². The van der Waals surface area contributed by atoms with Gasteiger partial charge in [-0.25, -0.2) is 4.79 Å². The van der Waals surface area contributed by atoms with Crippen LogP contribution in [0.4, 0.5) is 0 Å². The van der Waals surface area contributed by atoms with E-state index in [4.69, 9.17) is 9.47 Å². The summed E-state index contributed by atoms with van der Waals surface area (Å²) in [6.07, 6.45) is 2.89. The summed E-state index contributed by atoms with van der Waals surface area (Å²) in [5.41, 5.74) is 1.28. The zero-order valence-electron chi connectivity index (χ0n) is 14.2. The molecule has 2 heterocycles. The van der Waals surface area contributed by atoms with Crippen molar-refractivity contribution >= 4 is 18.0 Å². The highest BCUT2D eigenvalue weighted by Crippen LogP contribution is 2.26. The molecule has 0 saturated carbocycles. The first-order valence-corrected chi connectivity index (χ1v) is 8.40. The van der Waals surface area contributed by atoms with Gasteiger partial charge in [0.05, 0.1) is 5.57 Å². The molecule has 0 N–H and O–H groups in total. The number of carbonyl (C=O) groups excluding carboxylic acids is 2. The predicted octanol–water partition coefficient (Wildman–Crippen LogP) is 2.51. The smallest absolute Gasteiger partial charge is 0.338 e. The van der Waals surface area contributed by atoms with Gasteiger partial charge in [0.2, 0.25) is 0 Å². The topological polar surface area (TPSA) is 55.8 Å². The molecule has 0 radical (unpaired) electrons. The Hall–Kier alpha value is -2.30. The summed E-state index contributed by atoms with van der Waals surface area (Å²) >= 11 is 0. The second kappa shape index (κ2) is 7.07. The maximum atomic E-state index is 12.3. The average Bonchev–Trinajstić information content (AvgIpc) is 2.58. The van der Waals surface area contributed by atoms with Gasteiger partial charge < -0.3 is 14.4 Å². The van der Waals surface area contributed by atoms with Gasteiger partial charge in [-0.05, 0) is 30.4 Å². The molecule has 0 bridgehead atoms. The Labute approximate surface area is 142 Å². The maximum absolute atomic E-state index is 12.3. The lowest BCUT2D eigenvalue weighted by molar-refractivity contribution is -0.150. The number of nitrogens with zero attached hydrogens (tertiary/aromatic N) is 1. The number of likely N-dealkylation sites (tertiary alicyclic amines) is 1. The van der Waals surface area contributed by atoms with Crippen LogP contribution in [-0.4, -0.2) is 43.1 Å². The first-order valence-electron chi connectivity index (χ1n) is 8.40. The average molecular weight is 329 g/mol. The molecular weight excluding hydrogens is 306 g/mol. The lowest BCUT2D eigenvalue weighted by atomic mass is 9.92. The third-order valence-electron chi connectivity index (χ3n) is 4.44. The molecule has 1 fully saturated rings. The summed E-state index contributed by atoms with van der Waals surface area (Å²) < 4.78 is 10.7. The largest absolute Gasteiger partial charge is 0.488 e. The van der Waals surface area contributed by atoms with Crippen LogP contribution in [0.25, 0.3) is 6.08 Å². The van der Waals surface area contributed by atoms with Gasteiger partial charge >= 0.3 is 5.97 Å². The summed E-state index contributed by atoms with van der Waals surface area (Å²) in [6.45, 7) is 5.71. The highest BCUT2D eigenvalue weighted by Gasteiger charge is 2.26. The standard InChI is InChI=1S/C19H23NO4/c1-13-7-14(2)10-20(9-13)18(21)12-24-19(22)16-8-15-5-3-4-6-17(15)23-11-16/h3-6,8,13-14H,7,9-12H2,1-2H3/t13-,14+. The first-order chi connectivity index (χ1) is 11.5. The molecule has 0 unspecified atom stereocenters. The molecular formula is C19H23NO4. The van der Waals surface area contributed by atoms with Crippen LogP contribution in [-0.2, 0) is 14.3 Å². The number of para-hydroxylation sites is 1. The zero-order chi connectivity index (χ0) is 17.1. The number of benzene rings is 1. The number of hydrogen-bond acceptors (Lipinski definition) is 4. The monoisotopic (exact) mass is 329 g/mol. The van der Waals surface area contributed by atoms with Crippen LogP contribution in [0.15, 0.2) is 29.8 Å². The predicted molar refractivity (Wildman–Crippen MR) is 90.4 cm³/mol. The number of ether oxygens (including phenoxy) is 2. The molecule has 0 aromatic heterocycles. The van der Waals surface area contributed by atoms with E-state index in [1.807, 2.05) is 24.3 Å². The number of amides is 1. The molecule has 24 heavy (non-hydrogen) atoms. The van der Waals surface area contributed by atoms with E-state index in [2.05, 4.69) is 13.8 Å². The molecule has 0 aliphatic carbocycles. The summed E-state index contributed by atoms with van der Waals surface area (Å²) in [4.78, 5) is 26.3. The molecule has 0 spiro atoms. The minimum atomic E-state index is -0.490. The van der Waals surface area contributed by atoms with E-state index in [0.717, 1.165) is 30.8 Å². The SMILES string of the molecule is C[C@@H]1C[C@H](C)CN(C(=O)COC(=O)C2=Cc3ccccc3OC2)C1. The molecule has 1 aromatic carbocycles. The fourth-order valence-electron chi connectivity index (χ4n) is 3.41. The number of carbonyl (C=O) groups is 2. The Morgan fingerprint density at radius 2 is 1.92 bits per heavy atom. The van der Waals surface area contributed by atoms with E-state index in [-0.39, 0.29) is 19.1 Å².